The van der Waals surface area contributed by atoms with E-state index in [-0.39, 0.29) is 22.0 Å². The van der Waals surface area contributed by atoms with Crippen molar-refractivity contribution in [2.24, 2.45) is 5.73 Å². The van der Waals surface area contributed by atoms with E-state index < -0.39 is 26.1 Å². The first-order valence-corrected chi connectivity index (χ1v) is 7.62. The second-order valence-electron chi connectivity index (χ2n) is 5.05. The molecule has 0 fully saturated rings. The predicted octanol–water partition coefficient (Wildman–Crippen LogP) is 1.90. The number of benzene rings is 1. The lowest BCUT2D eigenvalue weighted by molar-refractivity contribution is -0.385. The van der Waals surface area contributed by atoms with Gasteiger partial charge < -0.3 is 5.73 Å². The van der Waals surface area contributed by atoms with Gasteiger partial charge in [0.05, 0.1) is 16.4 Å². The lowest BCUT2D eigenvalue weighted by Gasteiger charge is -2.18. The van der Waals surface area contributed by atoms with Crippen molar-refractivity contribution in [2.45, 2.75) is 25.1 Å². The molecule has 0 aromatic heterocycles. The second-order valence-corrected chi connectivity index (χ2v) is 7.55. The molecule has 1 aromatic rings. The molecule has 0 bridgehead atoms. The summed E-state index contributed by atoms with van der Waals surface area (Å²) in [7, 11) is -3.55. The highest BCUT2D eigenvalue weighted by Gasteiger charge is 2.25. The maximum Gasteiger partial charge on any atom is 0.273 e. The standard InChI is InChI=1S/C11H15ClN2O4S/c1-11(2,13)7-19(17,18)6-8-5-9(12)3-4-10(8)14(15)16/h3-5H,6-7,13H2,1-2H3. The highest BCUT2D eigenvalue weighted by molar-refractivity contribution is 7.90. The van der Waals surface area contributed by atoms with Gasteiger partial charge in [0.2, 0.25) is 0 Å². The van der Waals surface area contributed by atoms with Gasteiger partial charge in [0, 0.05) is 22.2 Å². The number of nitrogens with two attached hydrogens (primary N) is 1. The van der Waals surface area contributed by atoms with Crippen LogP contribution in [0.15, 0.2) is 18.2 Å². The minimum Gasteiger partial charge on any atom is -0.325 e. The van der Waals surface area contributed by atoms with Crippen molar-refractivity contribution < 1.29 is 13.3 Å². The Balaban J connectivity index is 3.12. The van der Waals surface area contributed by atoms with E-state index in [1.54, 1.807) is 13.8 Å². The van der Waals surface area contributed by atoms with Crippen LogP contribution in [0.2, 0.25) is 5.02 Å². The summed E-state index contributed by atoms with van der Waals surface area (Å²) >= 11 is 5.74. The van der Waals surface area contributed by atoms with Gasteiger partial charge in [-0.2, -0.15) is 0 Å². The van der Waals surface area contributed by atoms with Crippen LogP contribution in [0.1, 0.15) is 19.4 Å². The minimum absolute atomic E-state index is 0.0711. The normalized spacial score (nSPS) is 12.4. The maximum atomic E-state index is 12.0. The van der Waals surface area contributed by atoms with Gasteiger partial charge in [0.25, 0.3) is 5.69 Å². The van der Waals surface area contributed by atoms with Crippen LogP contribution in [-0.2, 0) is 15.6 Å². The quantitative estimate of drug-likeness (QED) is 0.661. The molecule has 0 radical (unpaired) electrons. The molecule has 8 heteroatoms. The lowest BCUT2D eigenvalue weighted by Crippen LogP contribution is -2.40. The smallest absolute Gasteiger partial charge is 0.273 e. The predicted molar refractivity (Wildman–Crippen MR) is 73.9 cm³/mol. The Labute approximate surface area is 116 Å². The van der Waals surface area contributed by atoms with Crippen LogP contribution in [-0.4, -0.2) is 24.6 Å². The van der Waals surface area contributed by atoms with Gasteiger partial charge in [-0.1, -0.05) is 11.6 Å². The first-order chi connectivity index (χ1) is 8.50. The number of nitrogens with zero attached hydrogens (tertiary/aromatic N) is 1. The summed E-state index contributed by atoms with van der Waals surface area (Å²) in [6.07, 6.45) is 0. The van der Waals surface area contributed by atoms with Crippen LogP contribution < -0.4 is 5.73 Å². The molecule has 0 aliphatic heterocycles. The average molecular weight is 307 g/mol. The zero-order valence-electron chi connectivity index (χ0n) is 10.6. The van der Waals surface area contributed by atoms with Crippen molar-refractivity contribution >= 4 is 27.1 Å². The first kappa shape index (κ1) is 15.9. The molecule has 0 aliphatic carbocycles. The third kappa shape index (κ3) is 5.14. The summed E-state index contributed by atoms with van der Waals surface area (Å²) in [6, 6.07) is 3.84. The Morgan fingerprint density at radius 2 is 2.00 bits per heavy atom. The molecule has 0 heterocycles. The number of hydrogen-bond acceptors (Lipinski definition) is 5. The minimum atomic E-state index is -3.55. The Hall–Kier alpha value is -1.18. The fourth-order valence-corrected chi connectivity index (χ4v) is 3.84. The van der Waals surface area contributed by atoms with Crippen LogP contribution in [0.3, 0.4) is 0 Å². The van der Waals surface area contributed by atoms with Crippen molar-refractivity contribution in [3.05, 3.63) is 38.9 Å². The summed E-state index contributed by atoms with van der Waals surface area (Å²) in [5.41, 5.74) is 4.58. The highest BCUT2D eigenvalue weighted by atomic mass is 35.5. The van der Waals surface area contributed by atoms with E-state index in [0.717, 1.165) is 0 Å². The fourth-order valence-electron chi connectivity index (χ4n) is 1.70. The lowest BCUT2D eigenvalue weighted by atomic mass is 10.1. The number of sulfone groups is 1. The largest absolute Gasteiger partial charge is 0.325 e. The van der Waals surface area contributed by atoms with Gasteiger partial charge in [-0.3, -0.25) is 10.1 Å². The Morgan fingerprint density at radius 3 is 2.47 bits per heavy atom. The topological polar surface area (TPSA) is 103 Å². The van der Waals surface area contributed by atoms with Gasteiger partial charge in [0.15, 0.2) is 9.84 Å². The monoisotopic (exact) mass is 306 g/mol. The number of halogens is 1. The van der Waals surface area contributed by atoms with E-state index in [4.69, 9.17) is 17.3 Å². The molecule has 0 aliphatic rings. The molecule has 0 saturated carbocycles. The Morgan fingerprint density at radius 1 is 1.42 bits per heavy atom. The fraction of sp³-hybridized carbons (Fsp3) is 0.455. The molecular formula is C11H15ClN2O4S. The van der Waals surface area contributed by atoms with E-state index in [2.05, 4.69) is 0 Å². The van der Waals surface area contributed by atoms with Gasteiger partial charge in [0.1, 0.15) is 0 Å². The molecule has 0 spiro atoms. The summed E-state index contributed by atoms with van der Waals surface area (Å²) in [6.45, 7) is 3.16. The van der Waals surface area contributed by atoms with Crippen LogP contribution in [0, 0.1) is 10.1 Å². The van der Waals surface area contributed by atoms with Gasteiger partial charge in [-0.05, 0) is 26.0 Å². The molecular weight excluding hydrogens is 292 g/mol. The van der Waals surface area contributed by atoms with Crippen molar-refractivity contribution in [2.75, 3.05) is 5.75 Å². The summed E-state index contributed by atoms with van der Waals surface area (Å²) in [4.78, 5) is 10.2. The van der Waals surface area contributed by atoms with Crippen LogP contribution in [0.4, 0.5) is 5.69 Å². The summed E-state index contributed by atoms with van der Waals surface area (Å²) in [5.74, 6) is -0.714. The van der Waals surface area contributed by atoms with E-state index in [1.165, 1.54) is 18.2 Å². The molecule has 1 rings (SSSR count). The van der Waals surface area contributed by atoms with Crippen LogP contribution >= 0.6 is 11.6 Å². The van der Waals surface area contributed by atoms with Crippen molar-refractivity contribution in [3.8, 4) is 0 Å². The van der Waals surface area contributed by atoms with E-state index in [0.29, 0.717) is 0 Å². The molecule has 19 heavy (non-hydrogen) atoms. The first-order valence-electron chi connectivity index (χ1n) is 5.42. The van der Waals surface area contributed by atoms with Gasteiger partial charge >= 0.3 is 0 Å². The highest BCUT2D eigenvalue weighted by Crippen LogP contribution is 2.25. The zero-order chi connectivity index (χ0) is 14.8. The summed E-state index contributed by atoms with van der Waals surface area (Å²) in [5, 5.41) is 11.1. The van der Waals surface area contributed by atoms with Crippen molar-refractivity contribution in [1.29, 1.82) is 0 Å². The van der Waals surface area contributed by atoms with Gasteiger partial charge in [-0.25, -0.2) is 8.42 Å². The maximum absolute atomic E-state index is 12.0. The number of nitro groups is 1. The van der Waals surface area contributed by atoms with Crippen LogP contribution in [0.5, 0.6) is 0 Å². The molecule has 0 saturated heterocycles. The molecule has 1 aromatic carbocycles. The molecule has 6 nitrogen and oxygen atoms in total. The van der Waals surface area contributed by atoms with Gasteiger partial charge in [-0.15, -0.1) is 0 Å². The third-order valence-electron chi connectivity index (χ3n) is 2.21. The number of hydrogen-bond donors (Lipinski definition) is 1. The second kappa shape index (κ2) is 5.44. The van der Waals surface area contributed by atoms with E-state index in [9.17, 15) is 18.5 Å². The van der Waals surface area contributed by atoms with Crippen LogP contribution in [0.25, 0.3) is 0 Å². The molecule has 0 atom stereocenters. The molecule has 0 unspecified atom stereocenters. The Bertz CT molecular complexity index is 593. The number of rotatable bonds is 5. The van der Waals surface area contributed by atoms with Crippen molar-refractivity contribution in [3.63, 3.8) is 0 Å². The van der Waals surface area contributed by atoms with E-state index in [1.807, 2.05) is 0 Å². The number of nitro benzene ring substituents is 1. The zero-order valence-corrected chi connectivity index (χ0v) is 12.2. The SMILES string of the molecule is CC(C)(N)CS(=O)(=O)Cc1cc(Cl)ccc1[N+](=O)[O-]. The Kier molecular flexibility index (Phi) is 4.54. The average Bonchev–Trinajstić information content (AvgIpc) is 2.11. The van der Waals surface area contributed by atoms with E-state index >= 15 is 0 Å². The molecule has 2 N–H and O–H groups in total. The molecule has 0 amide bonds. The summed E-state index contributed by atoms with van der Waals surface area (Å²) < 4.78 is 23.9. The molecule has 106 valence electrons. The third-order valence-corrected chi connectivity index (χ3v) is 4.38. The van der Waals surface area contributed by atoms with Crippen molar-refractivity contribution in [1.82, 2.24) is 0 Å².